The lowest BCUT2D eigenvalue weighted by Gasteiger charge is -2.32. The number of aryl methyl sites for hydroxylation is 3. The lowest BCUT2D eigenvalue weighted by atomic mass is 9.90. The summed E-state index contributed by atoms with van der Waals surface area (Å²) in [4.78, 5) is 27.9. The minimum atomic E-state index is -0.108. The molecule has 146 valence electrons. The van der Waals surface area contributed by atoms with Gasteiger partial charge in [0.25, 0.3) is 11.5 Å². The van der Waals surface area contributed by atoms with Crippen LogP contribution in [0.3, 0.4) is 0 Å². The molecule has 2 aromatic heterocycles. The first-order chi connectivity index (χ1) is 13.5. The molecule has 1 amide bonds. The van der Waals surface area contributed by atoms with E-state index in [4.69, 9.17) is 0 Å². The van der Waals surface area contributed by atoms with E-state index in [2.05, 4.69) is 24.3 Å². The molecule has 3 heterocycles. The molecule has 1 saturated heterocycles. The first-order valence-corrected chi connectivity index (χ1v) is 9.94. The number of aromatic nitrogens is 2. The van der Waals surface area contributed by atoms with E-state index in [0.29, 0.717) is 16.9 Å². The standard InChI is InChI=1S/C23H27N3O2/c1-16-14-25(3)23(28)20-19(15-24(2)21(16)20)22(27)26-11-9-18(10-12-26)13-17-7-5-4-6-8-17/h4-8,14-15,18H,9-13H2,1-3H3. The maximum Gasteiger partial charge on any atom is 0.260 e. The van der Waals surface area contributed by atoms with Crippen LogP contribution in [0.15, 0.2) is 47.5 Å². The number of hydrogen-bond donors (Lipinski definition) is 0. The van der Waals surface area contributed by atoms with Gasteiger partial charge >= 0.3 is 0 Å². The summed E-state index contributed by atoms with van der Waals surface area (Å²) < 4.78 is 3.47. The van der Waals surface area contributed by atoms with E-state index in [1.165, 1.54) is 5.56 Å². The smallest absolute Gasteiger partial charge is 0.260 e. The highest BCUT2D eigenvalue weighted by Crippen LogP contribution is 2.26. The van der Waals surface area contributed by atoms with Gasteiger partial charge in [0.05, 0.1) is 16.5 Å². The van der Waals surface area contributed by atoms with Gasteiger partial charge in [-0.1, -0.05) is 30.3 Å². The number of pyridine rings is 1. The zero-order valence-electron chi connectivity index (χ0n) is 16.8. The molecule has 1 aliphatic rings. The molecule has 1 fully saturated rings. The second-order valence-corrected chi connectivity index (χ2v) is 8.03. The highest BCUT2D eigenvalue weighted by Gasteiger charge is 2.27. The molecule has 0 atom stereocenters. The van der Waals surface area contributed by atoms with Crippen LogP contribution in [0.2, 0.25) is 0 Å². The van der Waals surface area contributed by atoms with Crippen molar-refractivity contribution in [3.8, 4) is 0 Å². The van der Waals surface area contributed by atoms with Crippen molar-refractivity contribution in [2.45, 2.75) is 26.2 Å². The van der Waals surface area contributed by atoms with Gasteiger partial charge in [-0.25, -0.2) is 0 Å². The van der Waals surface area contributed by atoms with E-state index in [-0.39, 0.29) is 11.5 Å². The van der Waals surface area contributed by atoms with Gasteiger partial charge in [-0.05, 0) is 43.2 Å². The summed E-state index contributed by atoms with van der Waals surface area (Å²) in [6.45, 7) is 3.48. The molecule has 0 saturated carbocycles. The van der Waals surface area contributed by atoms with E-state index in [1.54, 1.807) is 11.6 Å². The van der Waals surface area contributed by atoms with Crippen LogP contribution in [0.5, 0.6) is 0 Å². The van der Waals surface area contributed by atoms with Crippen molar-refractivity contribution in [3.05, 3.63) is 69.8 Å². The van der Waals surface area contributed by atoms with Gasteiger partial charge < -0.3 is 14.0 Å². The molecule has 5 heteroatoms. The molecule has 4 rings (SSSR count). The van der Waals surface area contributed by atoms with Gasteiger partial charge in [-0.15, -0.1) is 0 Å². The summed E-state index contributed by atoms with van der Waals surface area (Å²) >= 11 is 0. The average Bonchev–Trinajstić information content (AvgIpc) is 3.05. The third-order valence-electron chi connectivity index (χ3n) is 5.98. The number of hydrogen-bond acceptors (Lipinski definition) is 2. The number of rotatable bonds is 3. The van der Waals surface area contributed by atoms with Crippen LogP contribution in [-0.4, -0.2) is 33.0 Å². The Hall–Kier alpha value is -2.82. The van der Waals surface area contributed by atoms with Gasteiger partial charge in [0, 0.05) is 39.6 Å². The molecule has 5 nitrogen and oxygen atoms in total. The largest absolute Gasteiger partial charge is 0.349 e. The van der Waals surface area contributed by atoms with Crippen LogP contribution in [0.1, 0.15) is 34.3 Å². The number of benzene rings is 1. The second kappa shape index (κ2) is 7.30. The fourth-order valence-electron chi connectivity index (χ4n) is 4.53. The summed E-state index contributed by atoms with van der Waals surface area (Å²) in [5.74, 6) is 0.584. The molecule has 0 N–H and O–H groups in total. The predicted molar refractivity (Wildman–Crippen MR) is 112 cm³/mol. The van der Waals surface area contributed by atoms with Crippen LogP contribution in [-0.2, 0) is 20.5 Å². The number of fused-ring (bicyclic) bond motifs is 1. The third kappa shape index (κ3) is 3.26. The molecule has 0 unspecified atom stereocenters. The molecule has 0 radical (unpaired) electrons. The Bertz CT molecular complexity index is 1070. The van der Waals surface area contributed by atoms with Crippen molar-refractivity contribution in [1.82, 2.24) is 14.0 Å². The molecular formula is C23H27N3O2. The number of carbonyl (C=O) groups excluding carboxylic acids is 1. The van der Waals surface area contributed by atoms with E-state index in [9.17, 15) is 9.59 Å². The summed E-state index contributed by atoms with van der Waals surface area (Å²) in [6.07, 6.45) is 6.72. The predicted octanol–water partition coefficient (Wildman–Crippen LogP) is 3.28. The van der Waals surface area contributed by atoms with Gasteiger partial charge in [0.15, 0.2) is 0 Å². The Morgan fingerprint density at radius 3 is 2.39 bits per heavy atom. The SMILES string of the molecule is Cc1cn(C)c(=O)c2c(C(=O)N3CCC(Cc4ccccc4)CC3)cn(C)c12. The zero-order valence-corrected chi connectivity index (χ0v) is 16.8. The Morgan fingerprint density at radius 1 is 1.04 bits per heavy atom. The summed E-state index contributed by atoms with van der Waals surface area (Å²) in [5.41, 5.74) is 3.64. The highest BCUT2D eigenvalue weighted by atomic mass is 16.2. The van der Waals surface area contributed by atoms with Crippen molar-refractivity contribution in [1.29, 1.82) is 0 Å². The Balaban J connectivity index is 1.54. The van der Waals surface area contributed by atoms with E-state index >= 15 is 0 Å². The van der Waals surface area contributed by atoms with Gasteiger partial charge in [0.1, 0.15) is 0 Å². The monoisotopic (exact) mass is 377 g/mol. The van der Waals surface area contributed by atoms with Crippen LogP contribution < -0.4 is 5.56 Å². The topological polar surface area (TPSA) is 47.2 Å². The van der Waals surface area contributed by atoms with Gasteiger partial charge in [-0.2, -0.15) is 0 Å². The maximum absolute atomic E-state index is 13.2. The summed E-state index contributed by atoms with van der Waals surface area (Å²) in [5, 5.41) is 0.543. The second-order valence-electron chi connectivity index (χ2n) is 8.03. The lowest BCUT2D eigenvalue weighted by Crippen LogP contribution is -2.39. The lowest BCUT2D eigenvalue weighted by molar-refractivity contribution is 0.0692. The Kier molecular flexibility index (Phi) is 4.84. The van der Waals surface area contributed by atoms with Crippen molar-refractivity contribution >= 4 is 16.8 Å². The quantitative estimate of drug-likeness (QED) is 0.703. The number of carbonyl (C=O) groups is 1. The van der Waals surface area contributed by atoms with Crippen molar-refractivity contribution in [3.63, 3.8) is 0 Å². The fraction of sp³-hybridized carbons (Fsp3) is 0.391. The number of piperidine rings is 1. The highest BCUT2D eigenvalue weighted by molar-refractivity contribution is 6.07. The zero-order chi connectivity index (χ0) is 19.8. The molecule has 3 aromatic rings. The Labute approximate surface area is 165 Å². The van der Waals surface area contributed by atoms with Gasteiger partial charge in [-0.3, -0.25) is 9.59 Å². The molecule has 28 heavy (non-hydrogen) atoms. The minimum absolute atomic E-state index is 0.0218. The minimum Gasteiger partial charge on any atom is -0.349 e. The maximum atomic E-state index is 13.2. The van der Waals surface area contributed by atoms with E-state index in [0.717, 1.165) is 43.4 Å². The number of amides is 1. The number of nitrogens with zero attached hydrogens (tertiary/aromatic N) is 3. The molecule has 1 aliphatic heterocycles. The van der Waals surface area contributed by atoms with Crippen LogP contribution in [0.25, 0.3) is 10.9 Å². The number of likely N-dealkylation sites (tertiary alicyclic amines) is 1. The molecule has 0 bridgehead atoms. The van der Waals surface area contributed by atoms with Crippen molar-refractivity contribution in [2.24, 2.45) is 20.0 Å². The third-order valence-corrected chi connectivity index (χ3v) is 5.98. The first-order valence-electron chi connectivity index (χ1n) is 9.94. The van der Waals surface area contributed by atoms with Crippen molar-refractivity contribution < 1.29 is 4.79 Å². The molecule has 0 spiro atoms. The fourth-order valence-corrected chi connectivity index (χ4v) is 4.53. The molecular weight excluding hydrogens is 350 g/mol. The van der Waals surface area contributed by atoms with Crippen molar-refractivity contribution in [2.75, 3.05) is 13.1 Å². The average molecular weight is 377 g/mol. The van der Waals surface area contributed by atoms with Gasteiger partial charge in [0.2, 0.25) is 0 Å². The van der Waals surface area contributed by atoms with Crippen LogP contribution in [0, 0.1) is 12.8 Å². The Morgan fingerprint density at radius 2 is 1.71 bits per heavy atom. The normalized spacial score (nSPS) is 15.3. The molecule has 0 aliphatic carbocycles. The van der Waals surface area contributed by atoms with E-state index < -0.39 is 0 Å². The van der Waals surface area contributed by atoms with Crippen LogP contribution >= 0.6 is 0 Å². The first kappa shape index (κ1) is 18.5. The van der Waals surface area contributed by atoms with E-state index in [1.807, 2.05) is 41.9 Å². The summed E-state index contributed by atoms with van der Waals surface area (Å²) in [6, 6.07) is 10.5. The molecule has 1 aromatic carbocycles. The summed E-state index contributed by atoms with van der Waals surface area (Å²) in [7, 11) is 3.64. The van der Waals surface area contributed by atoms with Crippen LogP contribution in [0.4, 0.5) is 0 Å².